The van der Waals surface area contributed by atoms with Gasteiger partial charge in [-0.2, -0.15) is 0 Å². The van der Waals surface area contributed by atoms with E-state index in [2.05, 4.69) is 79.3 Å². The quantitative estimate of drug-likeness (QED) is 0.0509. The smallest absolute Gasteiger partial charge is 0.261 e. The third-order valence-electron chi connectivity index (χ3n) is 10.1. The molecule has 0 unspecified atom stereocenters. The SMILES string of the molecule is CC(C)(C)[Si](OC[C@H]1OC2(CCCC2)O[C@@H]1[C@H](OCc1ccccc1)[C@@H](OCc1ccccc1)C(=O)CN=[N+]=[N-])(c1ccccc1)c1ccccc1. The molecule has 6 rings (SSSR count). The van der Waals surface area contributed by atoms with Crippen molar-refractivity contribution in [2.45, 2.75) is 94.9 Å². The first-order valence-electron chi connectivity index (χ1n) is 18.2. The van der Waals surface area contributed by atoms with Gasteiger partial charge in [0.15, 0.2) is 11.6 Å². The van der Waals surface area contributed by atoms with Crippen LogP contribution in [0.1, 0.15) is 57.6 Å². The van der Waals surface area contributed by atoms with Crippen LogP contribution in [0.4, 0.5) is 0 Å². The van der Waals surface area contributed by atoms with E-state index >= 15 is 0 Å². The third kappa shape index (κ3) is 8.56. The van der Waals surface area contributed by atoms with Gasteiger partial charge in [-0.1, -0.05) is 147 Å². The second-order valence-corrected chi connectivity index (χ2v) is 19.0. The molecule has 1 saturated carbocycles. The number of nitrogens with zero attached hydrogens (tertiary/aromatic N) is 3. The topological polar surface area (TPSA) is 112 Å². The van der Waals surface area contributed by atoms with E-state index in [0.717, 1.165) is 47.2 Å². The molecule has 272 valence electrons. The molecule has 52 heavy (non-hydrogen) atoms. The van der Waals surface area contributed by atoms with Crippen LogP contribution < -0.4 is 10.4 Å². The van der Waals surface area contributed by atoms with Crippen LogP contribution in [0.2, 0.25) is 5.04 Å². The van der Waals surface area contributed by atoms with Crippen LogP contribution in [0, 0.1) is 0 Å². The summed E-state index contributed by atoms with van der Waals surface area (Å²) in [7, 11) is -2.96. The van der Waals surface area contributed by atoms with E-state index < -0.39 is 44.3 Å². The fourth-order valence-electron chi connectivity index (χ4n) is 7.66. The van der Waals surface area contributed by atoms with Crippen molar-refractivity contribution in [3.63, 3.8) is 0 Å². The maximum Gasteiger partial charge on any atom is 0.261 e. The highest BCUT2D eigenvalue weighted by Crippen LogP contribution is 2.45. The van der Waals surface area contributed by atoms with Crippen molar-refractivity contribution in [1.82, 2.24) is 0 Å². The van der Waals surface area contributed by atoms with E-state index in [1.807, 2.05) is 72.8 Å². The van der Waals surface area contributed by atoms with E-state index in [0.29, 0.717) is 0 Å². The summed E-state index contributed by atoms with van der Waals surface area (Å²) < 4.78 is 34.5. The van der Waals surface area contributed by atoms with Crippen molar-refractivity contribution in [3.05, 3.63) is 143 Å². The highest BCUT2D eigenvalue weighted by molar-refractivity contribution is 6.99. The lowest BCUT2D eigenvalue weighted by molar-refractivity contribution is -0.195. The Balaban J connectivity index is 1.40. The zero-order chi connectivity index (χ0) is 36.4. The number of hydrogen-bond acceptors (Lipinski definition) is 7. The standard InChI is InChI=1S/C42H49N3O6Si/c1-41(2,3)52(34-22-12-6-13-23-34,35-24-14-7-15-25-35)49-31-37-39(51-42(50-37)26-16-17-27-42)40(48-30-33-20-10-5-11-21-33)38(36(46)28-44-45-43)47-29-32-18-8-4-9-19-32/h4-15,18-25,37-40H,16-17,26-31H2,1-3H3/t37-,38+,39+,40-/m1/s1. The molecule has 2 fully saturated rings. The van der Waals surface area contributed by atoms with Gasteiger partial charge in [0.25, 0.3) is 8.32 Å². The predicted molar refractivity (Wildman–Crippen MR) is 204 cm³/mol. The van der Waals surface area contributed by atoms with Crippen LogP contribution in [0.5, 0.6) is 0 Å². The van der Waals surface area contributed by atoms with Crippen LogP contribution in [0.25, 0.3) is 10.4 Å². The van der Waals surface area contributed by atoms with Crippen molar-refractivity contribution in [2.24, 2.45) is 5.11 Å². The van der Waals surface area contributed by atoms with Gasteiger partial charge >= 0.3 is 0 Å². The number of azide groups is 1. The summed E-state index contributed by atoms with van der Waals surface area (Å²) in [5.41, 5.74) is 11.0. The molecule has 1 saturated heterocycles. The molecular weight excluding hydrogens is 671 g/mol. The molecule has 1 spiro atoms. The van der Waals surface area contributed by atoms with Gasteiger partial charge in [-0.05, 0) is 44.9 Å². The van der Waals surface area contributed by atoms with Crippen molar-refractivity contribution >= 4 is 24.5 Å². The Kier molecular flexibility index (Phi) is 12.4. The molecule has 1 heterocycles. The minimum atomic E-state index is -2.96. The Labute approximate surface area is 308 Å². The molecule has 1 aliphatic carbocycles. The van der Waals surface area contributed by atoms with E-state index in [9.17, 15) is 4.79 Å². The largest absolute Gasteiger partial charge is 0.405 e. The number of ketones is 1. The second-order valence-electron chi connectivity index (χ2n) is 14.7. The first-order valence-corrected chi connectivity index (χ1v) is 20.1. The van der Waals surface area contributed by atoms with E-state index in [1.165, 1.54) is 0 Å². The second kappa shape index (κ2) is 17.1. The molecule has 0 amide bonds. The molecule has 4 aromatic carbocycles. The van der Waals surface area contributed by atoms with Crippen LogP contribution in [0.15, 0.2) is 126 Å². The summed E-state index contributed by atoms with van der Waals surface area (Å²) in [4.78, 5) is 16.9. The molecule has 9 nitrogen and oxygen atoms in total. The lowest BCUT2D eigenvalue weighted by Crippen LogP contribution is -2.67. The van der Waals surface area contributed by atoms with Crippen molar-refractivity contribution in [2.75, 3.05) is 13.2 Å². The predicted octanol–water partition coefficient (Wildman–Crippen LogP) is 7.67. The lowest BCUT2D eigenvalue weighted by atomic mass is 9.99. The monoisotopic (exact) mass is 719 g/mol. The lowest BCUT2D eigenvalue weighted by Gasteiger charge is -2.44. The fourth-order valence-corrected chi connectivity index (χ4v) is 12.2. The van der Waals surface area contributed by atoms with Gasteiger partial charge in [-0.3, -0.25) is 4.79 Å². The number of benzene rings is 4. The van der Waals surface area contributed by atoms with Gasteiger partial charge < -0.3 is 23.4 Å². The minimum absolute atomic E-state index is 0.153. The Morgan fingerprint density at radius 1 is 0.808 bits per heavy atom. The molecule has 4 atom stereocenters. The van der Waals surface area contributed by atoms with Crippen molar-refractivity contribution in [3.8, 4) is 0 Å². The number of rotatable bonds is 16. The molecule has 0 radical (unpaired) electrons. The third-order valence-corrected chi connectivity index (χ3v) is 15.1. The summed E-state index contributed by atoms with van der Waals surface area (Å²) in [5, 5.41) is 5.69. The van der Waals surface area contributed by atoms with E-state index in [4.69, 9.17) is 28.9 Å². The molecule has 4 aromatic rings. The van der Waals surface area contributed by atoms with Crippen molar-refractivity contribution in [1.29, 1.82) is 0 Å². The molecule has 0 bridgehead atoms. The highest BCUT2D eigenvalue weighted by Gasteiger charge is 2.56. The first-order chi connectivity index (χ1) is 25.2. The molecule has 0 N–H and O–H groups in total. The van der Waals surface area contributed by atoms with Gasteiger partial charge in [0, 0.05) is 17.8 Å². The first kappa shape index (κ1) is 37.6. The Morgan fingerprint density at radius 2 is 1.31 bits per heavy atom. The Morgan fingerprint density at radius 3 is 1.81 bits per heavy atom. The normalized spacial score (nSPS) is 19.6. The fraction of sp³-hybridized carbons (Fsp3) is 0.405. The minimum Gasteiger partial charge on any atom is -0.405 e. The zero-order valence-electron chi connectivity index (χ0n) is 30.3. The molecule has 2 aliphatic rings. The summed E-state index contributed by atoms with van der Waals surface area (Å²) in [6.07, 6.45) is 0.0572. The van der Waals surface area contributed by atoms with Crippen molar-refractivity contribution < 1.29 is 28.2 Å². The number of carbonyl (C=O) groups excluding carboxylic acids is 1. The number of carbonyl (C=O) groups is 1. The van der Waals surface area contributed by atoms with Gasteiger partial charge in [0.1, 0.15) is 24.4 Å². The highest BCUT2D eigenvalue weighted by atomic mass is 28.4. The molecule has 1 aliphatic heterocycles. The molecule has 0 aromatic heterocycles. The van der Waals surface area contributed by atoms with Gasteiger partial charge in [0.05, 0.1) is 26.4 Å². The number of Topliss-reactive ketones (excluding diaryl/α,β-unsaturated/α-hetero) is 1. The average molecular weight is 720 g/mol. The van der Waals surface area contributed by atoms with Gasteiger partial charge in [-0.25, -0.2) is 0 Å². The summed E-state index contributed by atoms with van der Waals surface area (Å²) in [6, 6.07) is 40.5. The van der Waals surface area contributed by atoms with E-state index in [1.54, 1.807) is 0 Å². The number of ether oxygens (including phenoxy) is 4. The van der Waals surface area contributed by atoms with Crippen LogP contribution in [0.3, 0.4) is 0 Å². The maximum atomic E-state index is 14.0. The summed E-state index contributed by atoms with van der Waals surface area (Å²) in [6.45, 7) is 6.92. The molecular formula is C42H49N3O6Si. The van der Waals surface area contributed by atoms with E-state index in [-0.39, 0.29) is 31.4 Å². The molecule has 10 heteroatoms. The maximum absolute atomic E-state index is 14.0. The Bertz CT molecular complexity index is 1720. The van der Waals surface area contributed by atoms with Gasteiger partial charge in [-0.15, -0.1) is 0 Å². The van der Waals surface area contributed by atoms with Crippen LogP contribution in [-0.4, -0.2) is 57.5 Å². The average Bonchev–Trinajstić information content (AvgIpc) is 3.78. The van der Waals surface area contributed by atoms with Gasteiger partial charge in [0.2, 0.25) is 0 Å². The summed E-state index contributed by atoms with van der Waals surface area (Å²) >= 11 is 0. The van der Waals surface area contributed by atoms with Crippen LogP contribution >= 0.6 is 0 Å². The summed E-state index contributed by atoms with van der Waals surface area (Å²) in [5.74, 6) is -1.22. The Hall–Kier alpha value is -4.12. The number of hydrogen-bond donors (Lipinski definition) is 0. The van der Waals surface area contributed by atoms with Crippen LogP contribution in [-0.2, 0) is 41.4 Å². The zero-order valence-corrected chi connectivity index (χ0v) is 31.3.